The lowest BCUT2D eigenvalue weighted by molar-refractivity contribution is -0.124. The van der Waals surface area contributed by atoms with Gasteiger partial charge >= 0.3 is 6.18 Å². The molecule has 1 aromatic carbocycles. The predicted octanol–water partition coefficient (Wildman–Crippen LogP) is 4.44. The van der Waals surface area contributed by atoms with Gasteiger partial charge in [-0.05, 0) is 12.5 Å². The standard InChI is InChI=1S/C13H15F3O/c1-2-10-17-12-8-4-3-6-11(12)7-5-9-13(14,15)16/h3-8H,2,9-10H2,1H3. The second-order valence-corrected chi connectivity index (χ2v) is 3.61. The highest BCUT2D eigenvalue weighted by Crippen LogP contribution is 2.23. The molecule has 1 nitrogen and oxygen atoms in total. The molecule has 0 heterocycles. The molecule has 0 bridgehead atoms. The summed E-state index contributed by atoms with van der Waals surface area (Å²) in [6, 6.07) is 7.05. The van der Waals surface area contributed by atoms with E-state index < -0.39 is 12.6 Å². The van der Waals surface area contributed by atoms with Crippen LogP contribution >= 0.6 is 0 Å². The minimum atomic E-state index is -4.16. The van der Waals surface area contributed by atoms with Crippen LogP contribution in [0, 0.1) is 0 Å². The van der Waals surface area contributed by atoms with E-state index >= 15 is 0 Å². The Balaban J connectivity index is 2.69. The van der Waals surface area contributed by atoms with Gasteiger partial charge in [0.05, 0.1) is 13.0 Å². The molecule has 0 spiro atoms. The second kappa shape index (κ2) is 6.33. The number of halogens is 3. The maximum Gasteiger partial charge on any atom is 0.392 e. The fraction of sp³-hybridized carbons (Fsp3) is 0.385. The van der Waals surface area contributed by atoms with Crippen LogP contribution in [0.1, 0.15) is 25.3 Å². The molecule has 0 atom stereocenters. The zero-order valence-corrected chi connectivity index (χ0v) is 9.63. The lowest BCUT2D eigenvalue weighted by atomic mass is 10.1. The van der Waals surface area contributed by atoms with Gasteiger partial charge in [-0.25, -0.2) is 0 Å². The Labute approximate surface area is 98.9 Å². The number of para-hydroxylation sites is 1. The number of hydrogen-bond acceptors (Lipinski definition) is 1. The Morgan fingerprint density at radius 2 is 1.94 bits per heavy atom. The Kier molecular flexibility index (Phi) is 5.07. The van der Waals surface area contributed by atoms with Gasteiger partial charge in [-0.2, -0.15) is 13.2 Å². The van der Waals surface area contributed by atoms with E-state index in [-0.39, 0.29) is 0 Å². The molecule has 0 aliphatic carbocycles. The minimum absolute atomic E-state index is 0.560. The summed E-state index contributed by atoms with van der Waals surface area (Å²) in [4.78, 5) is 0. The van der Waals surface area contributed by atoms with E-state index in [1.807, 2.05) is 6.92 Å². The van der Waals surface area contributed by atoms with Crippen molar-refractivity contribution < 1.29 is 17.9 Å². The van der Waals surface area contributed by atoms with Crippen LogP contribution in [0.15, 0.2) is 30.3 Å². The van der Waals surface area contributed by atoms with Crippen molar-refractivity contribution in [2.75, 3.05) is 6.61 Å². The number of ether oxygens (including phenoxy) is 1. The first kappa shape index (κ1) is 13.6. The van der Waals surface area contributed by atoms with Crippen LogP contribution < -0.4 is 4.74 Å². The monoisotopic (exact) mass is 244 g/mol. The van der Waals surface area contributed by atoms with Crippen LogP contribution in [0.3, 0.4) is 0 Å². The van der Waals surface area contributed by atoms with Gasteiger partial charge in [0, 0.05) is 5.56 Å². The molecule has 1 rings (SSSR count). The third-order valence-electron chi connectivity index (χ3n) is 2.03. The molecule has 0 saturated heterocycles. The highest BCUT2D eigenvalue weighted by Gasteiger charge is 2.24. The summed E-state index contributed by atoms with van der Waals surface area (Å²) in [6.45, 7) is 2.53. The summed E-state index contributed by atoms with van der Waals surface area (Å²) in [5, 5.41) is 0. The van der Waals surface area contributed by atoms with E-state index in [1.165, 1.54) is 6.08 Å². The van der Waals surface area contributed by atoms with Gasteiger partial charge in [0.1, 0.15) is 5.75 Å². The van der Waals surface area contributed by atoms with Crippen molar-refractivity contribution in [3.63, 3.8) is 0 Å². The van der Waals surface area contributed by atoms with E-state index in [4.69, 9.17) is 4.74 Å². The van der Waals surface area contributed by atoms with E-state index in [9.17, 15) is 13.2 Å². The number of alkyl halides is 3. The summed E-state index contributed by atoms with van der Waals surface area (Å²) in [7, 11) is 0. The SMILES string of the molecule is CCCOc1ccccc1C=CCC(F)(F)F. The molecule has 0 N–H and O–H groups in total. The maximum atomic E-state index is 12.0. The van der Waals surface area contributed by atoms with Gasteiger partial charge < -0.3 is 4.74 Å². The Hall–Kier alpha value is -1.45. The van der Waals surface area contributed by atoms with Gasteiger partial charge in [0.15, 0.2) is 0 Å². The number of rotatable bonds is 5. The number of allylic oxidation sites excluding steroid dienone is 1. The molecule has 94 valence electrons. The van der Waals surface area contributed by atoms with E-state index in [1.54, 1.807) is 24.3 Å². The molecule has 1 aromatic rings. The van der Waals surface area contributed by atoms with Gasteiger partial charge in [-0.3, -0.25) is 0 Å². The smallest absolute Gasteiger partial charge is 0.392 e. The van der Waals surface area contributed by atoms with Gasteiger partial charge in [-0.15, -0.1) is 0 Å². The highest BCUT2D eigenvalue weighted by atomic mass is 19.4. The van der Waals surface area contributed by atoms with Crippen LogP contribution in [0.4, 0.5) is 13.2 Å². The van der Waals surface area contributed by atoms with Crippen molar-refractivity contribution in [3.05, 3.63) is 35.9 Å². The molecule has 0 amide bonds. The van der Waals surface area contributed by atoms with Crippen molar-refractivity contribution >= 4 is 6.08 Å². The van der Waals surface area contributed by atoms with Gasteiger partial charge in [0.25, 0.3) is 0 Å². The Bertz CT molecular complexity index is 369. The van der Waals surface area contributed by atoms with E-state index in [2.05, 4.69) is 0 Å². The molecular weight excluding hydrogens is 229 g/mol. The Morgan fingerprint density at radius 3 is 2.59 bits per heavy atom. The van der Waals surface area contributed by atoms with Crippen LogP contribution in [-0.4, -0.2) is 12.8 Å². The molecular formula is C13H15F3O. The molecule has 0 radical (unpaired) electrons. The predicted molar refractivity (Wildman–Crippen MR) is 61.9 cm³/mol. The topological polar surface area (TPSA) is 9.23 Å². The average Bonchev–Trinajstić information content (AvgIpc) is 2.26. The molecule has 0 aromatic heterocycles. The highest BCUT2D eigenvalue weighted by molar-refractivity contribution is 5.57. The van der Waals surface area contributed by atoms with Crippen molar-refractivity contribution in [3.8, 4) is 5.75 Å². The first-order valence-corrected chi connectivity index (χ1v) is 5.48. The lowest BCUT2D eigenvalue weighted by Gasteiger charge is -2.07. The Morgan fingerprint density at radius 1 is 1.24 bits per heavy atom. The summed E-state index contributed by atoms with van der Waals surface area (Å²) in [5.74, 6) is 0.618. The molecule has 4 heteroatoms. The summed E-state index contributed by atoms with van der Waals surface area (Å²) < 4.78 is 41.4. The van der Waals surface area contributed by atoms with E-state index in [0.29, 0.717) is 17.9 Å². The van der Waals surface area contributed by atoms with Crippen LogP contribution in [-0.2, 0) is 0 Å². The third-order valence-corrected chi connectivity index (χ3v) is 2.03. The largest absolute Gasteiger partial charge is 0.493 e. The van der Waals surface area contributed by atoms with Crippen LogP contribution in [0.5, 0.6) is 5.75 Å². The van der Waals surface area contributed by atoms with Gasteiger partial charge in [-0.1, -0.05) is 37.3 Å². The lowest BCUT2D eigenvalue weighted by Crippen LogP contribution is -2.04. The van der Waals surface area contributed by atoms with Crippen molar-refractivity contribution in [2.24, 2.45) is 0 Å². The molecule has 0 fully saturated rings. The molecule has 17 heavy (non-hydrogen) atoms. The summed E-state index contributed by atoms with van der Waals surface area (Å²) in [5.41, 5.74) is 0.671. The quantitative estimate of drug-likeness (QED) is 0.744. The molecule has 0 aliphatic rings. The second-order valence-electron chi connectivity index (χ2n) is 3.61. The van der Waals surface area contributed by atoms with Crippen molar-refractivity contribution in [1.82, 2.24) is 0 Å². The molecule has 0 aliphatic heterocycles. The minimum Gasteiger partial charge on any atom is -0.493 e. The molecule has 0 unspecified atom stereocenters. The van der Waals surface area contributed by atoms with E-state index in [0.717, 1.165) is 12.5 Å². The summed E-state index contributed by atoms with van der Waals surface area (Å²) >= 11 is 0. The number of hydrogen-bond donors (Lipinski definition) is 0. The fourth-order valence-electron chi connectivity index (χ4n) is 1.28. The van der Waals surface area contributed by atoms with Crippen LogP contribution in [0.25, 0.3) is 6.08 Å². The van der Waals surface area contributed by atoms with Crippen molar-refractivity contribution in [2.45, 2.75) is 25.9 Å². The number of benzene rings is 1. The first-order chi connectivity index (χ1) is 8.03. The first-order valence-electron chi connectivity index (χ1n) is 5.48. The maximum absolute atomic E-state index is 12.0. The average molecular weight is 244 g/mol. The summed E-state index contributed by atoms with van der Waals surface area (Å²) in [6.07, 6.45) is -1.67. The zero-order chi connectivity index (χ0) is 12.7. The zero-order valence-electron chi connectivity index (χ0n) is 9.63. The fourth-order valence-corrected chi connectivity index (χ4v) is 1.28. The van der Waals surface area contributed by atoms with Crippen LogP contribution in [0.2, 0.25) is 0 Å². The van der Waals surface area contributed by atoms with Gasteiger partial charge in [0.2, 0.25) is 0 Å². The normalized spacial score (nSPS) is 12.0. The third kappa shape index (κ3) is 5.43. The molecule has 0 saturated carbocycles. The van der Waals surface area contributed by atoms with Crippen molar-refractivity contribution in [1.29, 1.82) is 0 Å².